The molecular weight excluding hydrogens is 250 g/mol. The number of oxazole rings is 1. The van der Waals surface area contributed by atoms with Crippen LogP contribution in [-0.2, 0) is 19.3 Å². The summed E-state index contributed by atoms with van der Waals surface area (Å²) in [4.78, 5) is 4.37. The van der Waals surface area contributed by atoms with Crippen molar-refractivity contribution in [3.63, 3.8) is 0 Å². The molecule has 0 radical (unpaired) electrons. The number of halogens is 1. The highest BCUT2D eigenvalue weighted by Gasteiger charge is 2.09. The van der Waals surface area contributed by atoms with E-state index in [0.29, 0.717) is 12.3 Å². The predicted molar refractivity (Wildman–Crippen MR) is 70.9 cm³/mol. The summed E-state index contributed by atoms with van der Waals surface area (Å²) in [5.74, 6) is 1.49. The number of nitrogens with zero attached hydrogens (tertiary/aromatic N) is 1. The van der Waals surface area contributed by atoms with E-state index in [4.69, 9.17) is 21.1 Å². The van der Waals surface area contributed by atoms with Gasteiger partial charge >= 0.3 is 0 Å². The van der Waals surface area contributed by atoms with Gasteiger partial charge in [0.1, 0.15) is 5.76 Å². The van der Waals surface area contributed by atoms with Gasteiger partial charge < -0.3 is 9.52 Å². The zero-order valence-corrected chi connectivity index (χ0v) is 11.1. The minimum atomic E-state index is 0.0946. The van der Waals surface area contributed by atoms with Gasteiger partial charge in [0, 0.05) is 24.5 Å². The summed E-state index contributed by atoms with van der Waals surface area (Å²) in [7, 11) is 0. The van der Waals surface area contributed by atoms with E-state index >= 15 is 0 Å². The molecule has 0 saturated carbocycles. The molecule has 0 saturated heterocycles. The van der Waals surface area contributed by atoms with Crippen LogP contribution in [0.2, 0.25) is 5.02 Å². The standard InChI is InChI=1S/C14H16ClNO2/c1-10-13(8-9-17)16-14(18-10)7-6-11-4-2-3-5-12(11)15/h2-5,17H,6-9H2,1H3. The molecule has 1 aromatic carbocycles. The van der Waals surface area contributed by atoms with E-state index in [2.05, 4.69) is 4.98 Å². The van der Waals surface area contributed by atoms with Gasteiger partial charge in [-0.2, -0.15) is 0 Å². The molecule has 2 aromatic rings. The van der Waals surface area contributed by atoms with Gasteiger partial charge in [0.25, 0.3) is 0 Å². The van der Waals surface area contributed by atoms with E-state index in [1.807, 2.05) is 31.2 Å². The maximum absolute atomic E-state index is 8.90. The van der Waals surface area contributed by atoms with Crippen LogP contribution < -0.4 is 0 Å². The van der Waals surface area contributed by atoms with Crippen LogP contribution >= 0.6 is 11.6 Å². The van der Waals surface area contributed by atoms with Gasteiger partial charge in [-0.3, -0.25) is 0 Å². The second-order valence-corrected chi connectivity index (χ2v) is 4.58. The van der Waals surface area contributed by atoms with E-state index in [0.717, 1.165) is 34.9 Å². The zero-order chi connectivity index (χ0) is 13.0. The number of aliphatic hydroxyl groups excluding tert-OH is 1. The first kappa shape index (κ1) is 13.1. The van der Waals surface area contributed by atoms with Crippen molar-refractivity contribution >= 4 is 11.6 Å². The van der Waals surface area contributed by atoms with Crippen LogP contribution in [0.5, 0.6) is 0 Å². The van der Waals surface area contributed by atoms with Crippen LogP contribution in [0.25, 0.3) is 0 Å². The summed E-state index contributed by atoms with van der Waals surface area (Å²) in [6.45, 7) is 1.97. The Hall–Kier alpha value is -1.32. The maximum Gasteiger partial charge on any atom is 0.194 e. The molecule has 96 valence electrons. The van der Waals surface area contributed by atoms with Crippen LogP contribution in [0, 0.1) is 6.92 Å². The van der Waals surface area contributed by atoms with Crippen LogP contribution in [0.1, 0.15) is 22.9 Å². The summed E-state index contributed by atoms with van der Waals surface area (Å²) >= 11 is 6.09. The van der Waals surface area contributed by atoms with Crippen molar-refractivity contribution in [3.05, 3.63) is 52.2 Å². The van der Waals surface area contributed by atoms with Gasteiger partial charge in [0.05, 0.1) is 5.69 Å². The Morgan fingerprint density at radius 1 is 1.22 bits per heavy atom. The van der Waals surface area contributed by atoms with Gasteiger partial charge in [-0.15, -0.1) is 0 Å². The molecule has 18 heavy (non-hydrogen) atoms. The molecule has 0 spiro atoms. The molecular formula is C14H16ClNO2. The molecule has 2 rings (SSSR count). The smallest absolute Gasteiger partial charge is 0.194 e. The molecule has 3 nitrogen and oxygen atoms in total. The maximum atomic E-state index is 8.90. The molecule has 4 heteroatoms. The molecule has 1 heterocycles. The van der Waals surface area contributed by atoms with Gasteiger partial charge in [0.15, 0.2) is 5.89 Å². The lowest BCUT2D eigenvalue weighted by molar-refractivity contribution is 0.297. The fraction of sp³-hybridized carbons (Fsp3) is 0.357. The van der Waals surface area contributed by atoms with Crippen LogP contribution in [0.15, 0.2) is 28.7 Å². The first-order valence-electron chi connectivity index (χ1n) is 6.00. The minimum Gasteiger partial charge on any atom is -0.446 e. The molecule has 0 fully saturated rings. The summed E-state index contributed by atoms with van der Waals surface area (Å²) in [6.07, 6.45) is 2.07. The monoisotopic (exact) mass is 265 g/mol. The zero-order valence-electron chi connectivity index (χ0n) is 10.3. The second-order valence-electron chi connectivity index (χ2n) is 4.18. The number of rotatable bonds is 5. The summed E-state index contributed by atoms with van der Waals surface area (Å²) in [6, 6.07) is 7.78. The quantitative estimate of drug-likeness (QED) is 0.904. The van der Waals surface area contributed by atoms with Crippen molar-refractivity contribution in [1.29, 1.82) is 0 Å². The van der Waals surface area contributed by atoms with Crippen molar-refractivity contribution in [1.82, 2.24) is 4.98 Å². The van der Waals surface area contributed by atoms with Crippen molar-refractivity contribution in [2.24, 2.45) is 0 Å². The van der Waals surface area contributed by atoms with Gasteiger partial charge in [-0.05, 0) is 25.0 Å². The molecule has 0 bridgehead atoms. The molecule has 0 aliphatic rings. The third-order valence-electron chi connectivity index (χ3n) is 2.85. The number of benzene rings is 1. The number of aliphatic hydroxyl groups is 1. The number of hydrogen-bond donors (Lipinski definition) is 1. The fourth-order valence-electron chi connectivity index (χ4n) is 1.88. The average Bonchev–Trinajstić information content (AvgIpc) is 2.70. The molecule has 0 atom stereocenters. The topological polar surface area (TPSA) is 46.3 Å². The van der Waals surface area contributed by atoms with Crippen molar-refractivity contribution < 1.29 is 9.52 Å². The highest BCUT2D eigenvalue weighted by atomic mass is 35.5. The molecule has 0 aliphatic heterocycles. The second kappa shape index (κ2) is 6.03. The van der Waals surface area contributed by atoms with Crippen molar-refractivity contribution in [3.8, 4) is 0 Å². The summed E-state index contributed by atoms with van der Waals surface area (Å²) < 4.78 is 5.56. The summed E-state index contributed by atoms with van der Waals surface area (Å²) in [5.41, 5.74) is 1.94. The number of aryl methyl sites for hydroxylation is 3. The Morgan fingerprint density at radius 3 is 2.72 bits per heavy atom. The first-order valence-corrected chi connectivity index (χ1v) is 6.38. The Balaban J connectivity index is 2.02. The third kappa shape index (κ3) is 3.12. The molecule has 1 aromatic heterocycles. The highest BCUT2D eigenvalue weighted by Crippen LogP contribution is 2.18. The van der Waals surface area contributed by atoms with Gasteiger partial charge in [-0.25, -0.2) is 4.98 Å². The minimum absolute atomic E-state index is 0.0946. The molecule has 0 aliphatic carbocycles. The van der Waals surface area contributed by atoms with Crippen LogP contribution in [0.4, 0.5) is 0 Å². The Morgan fingerprint density at radius 2 is 2.00 bits per heavy atom. The normalized spacial score (nSPS) is 10.8. The lowest BCUT2D eigenvalue weighted by atomic mass is 10.1. The molecule has 1 N–H and O–H groups in total. The Labute approximate surface area is 111 Å². The van der Waals surface area contributed by atoms with Crippen molar-refractivity contribution in [2.45, 2.75) is 26.2 Å². The first-order chi connectivity index (χ1) is 8.70. The number of hydrogen-bond acceptors (Lipinski definition) is 3. The van der Waals surface area contributed by atoms with Gasteiger partial charge in [-0.1, -0.05) is 29.8 Å². The van der Waals surface area contributed by atoms with E-state index in [1.54, 1.807) is 0 Å². The lowest BCUT2D eigenvalue weighted by Crippen LogP contribution is -1.95. The average molecular weight is 266 g/mol. The largest absolute Gasteiger partial charge is 0.446 e. The van der Waals surface area contributed by atoms with Crippen LogP contribution in [0.3, 0.4) is 0 Å². The number of aromatic nitrogens is 1. The Bertz CT molecular complexity index is 522. The molecule has 0 amide bonds. The third-order valence-corrected chi connectivity index (χ3v) is 3.22. The van der Waals surface area contributed by atoms with E-state index in [-0.39, 0.29) is 6.61 Å². The highest BCUT2D eigenvalue weighted by molar-refractivity contribution is 6.31. The Kier molecular flexibility index (Phi) is 4.39. The van der Waals surface area contributed by atoms with E-state index in [9.17, 15) is 0 Å². The van der Waals surface area contributed by atoms with E-state index < -0.39 is 0 Å². The predicted octanol–water partition coefficient (Wildman–Crippen LogP) is 2.96. The molecule has 0 unspecified atom stereocenters. The lowest BCUT2D eigenvalue weighted by Gasteiger charge is -2.01. The van der Waals surface area contributed by atoms with Crippen molar-refractivity contribution in [2.75, 3.05) is 6.61 Å². The van der Waals surface area contributed by atoms with Crippen LogP contribution in [-0.4, -0.2) is 16.7 Å². The van der Waals surface area contributed by atoms with Gasteiger partial charge in [0.2, 0.25) is 0 Å². The van der Waals surface area contributed by atoms with E-state index in [1.165, 1.54) is 0 Å². The SMILES string of the molecule is Cc1oc(CCc2ccccc2Cl)nc1CCO. The fourth-order valence-corrected chi connectivity index (χ4v) is 2.11. The summed E-state index contributed by atoms with van der Waals surface area (Å²) in [5, 5.41) is 9.67.